The summed E-state index contributed by atoms with van der Waals surface area (Å²) in [5.74, 6) is 4.89. The van der Waals surface area contributed by atoms with Crippen LogP contribution in [0.1, 0.15) is 46.3 Å². The van der Waals surface area contributed by atoms with Gasteiger partial charge in [0.25, 0.3) is 0 Å². The third-order valence-corrected chi connectivity index (χ3v) is 8.55. The molecule has 39 heavy (non-hydrogen) atoms. The number of nitrogens with two attached hydrogens (primary N) is 1. The number of nitrogens with zero attached hydrogens (tertiary/aromatic N) is 1. The number of hydrogen-bond donors (Lipinski definition) is 2. The largest absolute Gasteiger partial charge is 0.496 e. The summed E-state index contributed by atoms with van der Waals surface area (Å²) in [4.78, 5) is 18.7. The lowest BCUT2D eigenvalue weighted by Crippen LogP contribution is -2.35. The molecule has 0 bridgehead atoms. The first-order valence-corrected chi connectivity index (χ1v) is 14.8. The fraction of sp³-hybridized carbons (Fsp3) is 0.241. The standard InChI is InChI=1S/C29H31N3O5S2/c1-3-22-19-38-29(31-22)26(18-21-13-15-23(16-14-21)39(34,35)37-30)32-28(33)25(17-20-9-5-4-6-10-20)24-11-7-8-12-27(24)36-2/h4-16,19,25-26H,3,17-18,30H2,1-2H3,(H,32,33)/t25-,26-/m0/s1. The molecule has 0 saturated heterocycles. The van der Waals surface area contributed by atoms with Crippen LogP contribution in [0.15, 0.2) is 89.1 Å². The van der Waals surface area contributed by atoms with Crippen molar-refractivity contribution in [3.05, 3.63) is 112 Å². The van der Waals surface area contributed by atoms with Crippen molar-refractivity contribution in [1.29, 1.82) is 0 Å². The van der Waals surface area contributed by atoms with Gasteiger partial charge in [-0.3, -0.25) is 4.79 Å². The van der Waals surface area contributed by atoms with Gasteiger partial charge in [0.05, 0.1) is 29.7 Å². The number of aromatic nitrogens is 1. The number of para-hydroxylation sites is 1. The summed E-state index contributed by atoms with van der Waals surface area (Å²) in [5, 5.41) is 6.00. The van der Waals surface area contributed by atoms with E-state index in [1.165, 1.54) is 23.5 Å². The quantitative estimate of drug-likeness (QED) is 0.239. The monoisotopic (exact) mass is 565 g/mol. The van der Waals surface area contributed by atoms with Crippen molar-refractivity contribution in [1.82, 2.24) is 10.3 Å². The van der Waals surface area contributed by atoms with E-state index in [2.05, 4.69) is 9.60 Å². The van der Waals surface area contributed by atoms with Crippen LogP contribution in [-0.2, 0) is 38.5 Å². The van der Waals surface area contributed by atoms with E-state index in [1.54, 1.807) is 19.2 Å². The zero-order valence-electron chi connectivity index (χ0n) is 21.7. The maximum Gasteiger partial charge on any atom is 0.312 e. The number of methoxy groups -OCH3 is 1. The third-order valence-electron chi connectivity index (χ3n) is 6.44. The molecule has 0 aliphatic heterocycles. The van der Waals surface area contributed by atoms with Gasteiger partial charge in [0.15, 0.2) is 0 Å². The highest BCUT2D eigenvalue weighted by atomic mass is 32.2. The van der Waals surface area contributed by atoms with Crippen LogP contribution in [0.25, 0.3) is 0 Å². The first kappa shape index (κ1) is 28.4. The Kier molecular flexibility index (Phi) is 9.47. The first-order chi connectivity index (χ1) is 18.8. The van der Waals surface area contributed by atoms with Crippen molar-refractivity contribution in [2.24, 2.45) is 5.90 Å². The Morgan fingerprint density at radius 3 is 2.28 bits per heavy atom. The van der Waals surface area contributed by atoms with Gasteiger partial charge in [-0.05, 0) is 48.6 Å². The molecule has 0 aliphatic carbocycles. The number of ether oxygens (including phenoxy) is 1. The Labute approximate surface area is 232 Å². The number of carbonyl (C=O) groups excluding carboxylic acids is 1. The van der Waals surface area contributed by atoms with Crippen LogP contribution < -0.4 is 16.0 Å². The number of carbonyl (C=O) groups is 1. The summed E-state index contributed by atoms with van der Waals surface area (Å²) in [6.45, 7) is 2.03. The Bertz CT molecular complexity index is 1490. The number of rotatable bonds is 12. The summed E-state index contributed by atoms with van der Waals surface area (Å²) < 4.78 is 33.6. The van der Waals surface area contributed by atoms with E-state index in [-0.39, 0.29) is 10.8 Å². The molecule has 0 aliphatic rings. The van der Waals surface area contributed by atoms with Crippen LogP contribution in [0, 0.1) is 0 Å². The summed E-state index contributed by atoms with van der Waals surface area (Å²) in [6.07, 6.45) is 1.68. The second-order valence-corrected chi connectivity index (χ2v) is 11.4. The number of aryl methyl sites for hydroxylation is 1. The molecule has 0 fully saturated rings. The van der Waals surface area contributed by atoms with Gasteiger partial charge in [-0.1, -0.05) is 67.6 Å². The average molecular weight is 566 g/mol. The van der Waals surface area contributed by atoms with Crippen molar-refractivity contribution < 1.29 is 22.2 Å². The molecular formula is C29H31N3O5S2. The minimum atomic E-state index is -4.01. The number of amides is 1. The number of benzene rings is 3. The van der Waals surface area contributed by atoms with E-state index in [0.717, 1.165) is 33.8 Å². The molecular weight excluding hydrogens is 534 g/mol. The topological polar surface area (TPSA) is 121 Å². The van der Waals surface area contributed by atoms with Crippen LogP contribution in [0.2, 0.25) is 0 Å². The van der Waals surface area contributed by atoms with Gasteiger partial charge in [0, 0.05) is 10.9 Å². The third kappa shape index (κ3) is 7.10. The molecule has 8 nitrogen and oxygen atoms in total. The first-order valence-electron chi connectivity index (χ1n) is 12.5. The van der Waals surface area contributed by atoms with Crippen molar-refractivity contribution >= 4 is 27.4 Å². The molecule has 4 rings (SSSR count). The minimum Gasteiger partial charge on any atom is -0.496 e. The fourth-order valence-electron chi connectivity index (χ4n) is 4.35. The molecule has 3 N–H and O–H groups in total. The lowest BCUT2D eigenvalue weighted by molar-refractivity contribution is -0.123. The second kappa shape index (κ2) is 13.0. The SMILES string of the molecule is CCc1csc([C@H](Cc2ccc(S(=O)(=O)ON)cc2)NC(=O)[C@@H](Cc2ccccc2)c2ccccc2OC)n1. The summed E-state index contributed by atoms with van der Waals surface area (Å²) >= 11 is 1.49. The van der Waals surface area contributed by atoms with Gasteiger partial charge in [-0.15, -0.1) is 11.3 Å². The van der Waals surface area contributed by atoms with Crippen LogP contribution in [0.5, 0.6) is 5.75 Å². The predicted octanol–water partition coefficient (Wildman–Crippen LogP) is 4.72. The molecule has 0 unspecified atom stereocenters. The van der Waals surface area contributed by atoms with Crippen molar-refractivity contribution in [2.75, 3.05) is 7.11 Å². The van der Waals surface area contributed by atoms with Crippen molar-refractivity contribution in [3.63, 3.8) is 0 Å². The molecule has 204 valence electrons. The predicted molar refractivity (Wildman–Crippen MR) is 151 cm³/mol. The van der Waals surface area contributed by atoms with Gasteiger partial charge in [0.2, 0.25) is 5.91 Å². The molecule has 0 radical (unpaired) electrons. The number of thiazole rings is 1. The van der Waals surface area contributed by atoms with Gasteiger partial charge in [-0.2, -0.15) is 18.6 Å². The van der Waals surface area contributed by atoms with Gasteiger partial charge < -0.3 is 10.1 Å². The maximum absolute atomic E-state index is 14.0. The number of hydrogen-bond acceptors (Lipinski definition) is 8. The normalized spacial score (nSPS) is 13.0. The van der Waals surface area contributed by atoms with E-state index in [0.29, 0.717) is 18.6 Å². The highest BCUT2D eigenvalue weighted by Crippen LogP contribution is 2.31. The van der Waals surface area contributed by atoms with E-state index in [4.69, 9.17) is 15.6 Å². The average Bonchev–Trinajstić information content (AvgIpc) is 3.46. The van der Waals surface area contributed by atoms with Crippen LogP contribution >= 0.6 is 11.3 Å². The molecule has 0 spiro atoms. The molecule has 4 aromatic rings. The van der Waals surface area contributed by atoms with Gasteiger partial charge in [-0.25, -0.2) is 4.98 Å². The zero-order valence-corrected chi connectivity index (χ0v) is 23.4. The Balaban J connectivity index is 1.66. The molecule has 10 heteroatoms. The molecule has 1 amide bonds. The maximum atomic E-state index is 14.0. The molecule has 2 atom stereocenters. The van der Waals surface area contributed by atoms with Crippen molar-refractivity contribution in [3.8, 4) is 5.75 Å². The molecule has 0 saturated carbocycles. The summed E-state index contributed by atoms with van der Waals surface area (Å²) in [6, 6.07) is 23.2. The highest BCUT2D eigenvalue weighted by molar-refractivity contribution is 7.86. The molecule has 3 aromatic carbocycles. The highest BCUT2D eigenvalue weighted by Gasteiger charge is 2.28. The van der Waals surface area contributed by atoms with E-state index >= 15 is 0 Å². The van der Waals surface area contributed by atoms with Crippen molar-refractivity contribution in [2.45, 2.75) is 43.0 Å². The smallest absolute Gasteiger partial charge is 0.312 e. The summed E-state index contributed by atoms with van der Waals surface area (Å²) in [5.41, 5.74) is 3.59. The van der Waals surface area contributed by atoms with E-state index in [1.807, 2.05) is 66.9 Å². The lowest BCUT2D eigenvalue weighted by Gasteiger charge is -2.23. The van der Waals surface area contributed by atoms with Crippen LogP contribution in [0.3, 0.4) is 0 Å². The lowest BCUT2D eigenvalue weighted by atomic mass is 9.90. The van der Waals surface area contributed by atoms with Crippen LogP contribution in [-0.4, -0.2) is 26.4 Å². The zero-order chi connectivity index (χ0) is 27.8. The summed E-state index contributed by atoms with van der Waals surface area (Å²) in [7, 11) is -2.41. The molecule has 1 aromatic heterocycles. The van der Waals surface area contributed by atoms with Gasteiger partial charge >= 0.3 is 10.1 Å². The van der Waals surface area contributed by atoms with Gasteiger partial charge in [0.1, 0.15) is 10.8 Å². The van der Waals surface area contributed by atoms with Crippen LogP contribution in [0.4, 0.5) is 0 Å². The Hall–Kier alpha value is -3.57. The Morgan fingerprint density at radius 2 is 1.64 bits per heavy atom. The molecule has 1 heterocycles. The number of nitrogens with one attached hydrogen (secondary N) is 1. The Morgan fingerprint density at radius 1 is 0.974 bits per heavy atom. The fourth-order valence-corrected chi connectivity index (χ4v) is 5.88. The van der Waals surface area contributed by atoms with E-state index < -0.39 is 22.1 Å². The van der Waals surface area contributed by atoms with E-state index in [9.17, 15) is 13.2 Å². The minimum absolute atomic E-state index is 0.0454. The second-order valence-electron chi connectivity index (χ2n) is 8.97.